The summed E-state index contributed by atoms with van der Waals surface area (Å²) in [6.07, 6.45) is 1.36. The molecule has 0 saturated heterocycles. The molecule has 20 heteroatoms. The summed E-state index contributed by atoms with van der Waals surface area (Å²) < 4.78 is -0.750. The number of rotatable bonds is 2. The van der Waals surface area contributed by atoms with E-state index >= 15 is 0 Å². The third-order valence-corrected chi connectivity index (χ3v) is 2.85. The molecule has 0 heterocycles. The number of hydrogen-bond donors (Lipinski definition) is 5. The number of para-hydroxylation sites is 2. The van der Waals surface area contributed by atoms with Gasteiger partial charge < -0.3 is 38.9 Å². The van der Waals surface area contributed by atoms with Crippen molar-refractivity contribution in [3.63, 3.8) is 0 Å². The zero-order valence-electron chi connectivity index (χ0n) is 27.5. The topological polar surface area (TPSA) is 165 Å². The van der Waals surface area contributed by atoms with Gasteiger partial charge in [0, 0.05) is 27.3 Å². The average molecular weight is 854 g/mol. The van der Waals surface area contributed by atoms with Gasteiger partial charge in [0.1, 0.15) is 23.5 Å². The molecule has 0 aromatic heterocycles. The van der Waals surface area contributed by atoms with E-state index in [4.69, 9.17) is 60.6 Å². The average Bonchev–Trinajstić information content (AvgIpc) is 2.83. The molecule has 6 N–H and O–H groups in total. The standard InChI is InChI=1S/2C7H6O2.C6H6O.CHCl3.Cl2.ClH.6K.H2O2.H2O.4H/c8-5-6-1-3-7(9)4-2-6;8-5-6-3-1-2-4-7(6)9;7-6-4-2-1-3-5-6;2-1(3)4;1-2;;;;;;;;1-2;;;;;/h2*1-5,9H;1-5,7H;1H;;1H;;;;;;;1-2H;1H2;;;;/q;;;;;;6*+1;;;4*-1/p-2. The minimum atomic E-state index is -0.750. The minimum Gasteiger partial charge on any atom is -1.00 e. The van der Waals surface area contributed by atoms with Crippen LogP contribution in [0.4, 0.5) is 0 Å². The normalized spacial score (nSPS) is 6.54. The molecular weight excluding hydrogens is 828 g/mol. The first-order valence-corrected chi connectivity index (χ1v) is 10.7. The number of carbonyl (C=O) groups is 2. The Kier molecular flexibility index (Phi) is 120. The summed E-state index contributed by atoms with van der Waals surface area (Å²) in [7, 11) is 8.22. The Bertz CT molecular complexity index is 882. The summed E-state index contributed by atoms with van der Waals surface area (Å²) in [5.41, 5.74) is 0.908. The van der Waals surface area contributed by atoms with Gasteiger partial charge in [-0.1, -0.05) is 65.1 Å². The first kappa shape index (κ1) is 78.1. The number of halogens is 6. The van der Waals surface area contributed by atoms with E-state index < -0.39 is 4.30 Å². The fourth-order valence-corrected chi connectivity index (χ4v) is 1.57. The van der Waals surface area contributed by atoms with E-state index in [9.17, 15) is 9.59 Å². The third kappa shape index (κ3) is 60.3. The fourth-order valence-electron chi connectivity index (χ4n) is 1.57. The van der Waals surface area contributed by atoms with Gasteiger partial charge in [-0.15, -0.1) is 0 Å². The van der Waals surface area contributed by atoms with Crippen LogP contribution in [0.1, 0.15) is 26.4 Å². The summed E-state index contributed by atoms with van der Waals surface area (Å²) in [6, 6.07) is 21.2. The van der Waals surface area contributed by atoms with Crippen molar-refractivity contribution in [3.8, 4) is 17.2 Å². The molecule has 0 radical (unpaired) electrons. The molecule has 0 aliphatic carbocycles. The van der Waals surface area contributed by atoms with Crippen LogP contribution >= 0.6 is 56.5 Å². The number of phenols is 3. The van der Waals surface area contributed by atoms with E-state index in [-0.39, 0.29) is 343 Å². The van der Waals surface area contributed by atoms with Gasteiger partial charge in [0.25, 0.3) is 0 Å². The number of phenolic OH excluding ortho intramolecular Hbond substituents is 3. The fraction of sp³-hybridized carbons (Fsp3) is 0.0476. The molecule has 3 rings (SSSR count). The van der Waals surface area contributed by atoms with Crippen molar-refractivity contribution in [1.82, 2.24) is 0 Å². The maximum Gasteiger partial charge on any atom is 1.00 e. The van der Waals surface area contributed by atoms with Crippen LogP contribution in [0, 0.1) is 0 Å². The quantitative estimate of drug-likeness (QED) is 0.0559. The zero-order valence-corrected chi connectivity index (χ0v) is 46.8. The molecule has 0 amide bonds. The van der Waals surface area contributed by atoms with Gasteiger partial charge >= 0.3 is 308 Å². The van der Waals surface area contributed by atoms with Crippen molar-refractivity contribution < 1.29 is 367 Å². The third-order valence-electron chi connectivity index (χ3n) is 2.85. The second kappa shape index (κ2) is 62.9. The number of hydrogen-bond acceptors (Lipinski definition) is 8. The number of alkyl halides is 3. The van der Waals surface area contributed by atoms with Crippen LogP contribution in [0.3, 0.4) is 0 Å². The van der Waals surface area contributed by atoms with Gasteiger partial charge in [-0.25, -0.2) is 0 Å². The van der Waals surface area contributed by atoms with Gasteiger partial charge in [-0.05, 0) is 48.5 Å². The molecule has 3 aromatic carbocycles. The maximum absolute atomic E-state index is 10.1. The zero-order chi connectivity index (χ0) is 26.1. The van der Waals surface area contributed by atoms with Crippen molar-refractivity contribution in [1.29, 1.82) is 0 Å². The van der Waals surface area contributed by atoms with Crippen molar-refractivity contribution in [2.45, 2.75) is 4.30 Å². The Morgan fingerprint density at radius 3 is 1.15 bits per heavy atom. The molecule has 0 aliphatic rings. The van der Waals surface area contributed by atoms with E-state index in [1.807, 2.05) is 6.07 Å². The van der Waals surface area contributed by atoms with Crippen molar-refractivity contribution in [2.24, 2.45) is 0 Å². The second-order valence-electron chi connectivity index (χ2n) is 4.97. The molecule has 8 nitrogen and oxygen atoms in total. The van der Waals surface area contributed by atoms with Crippen LogP contribution in [0.2, 0.25) is 0 Å². The molecule has 0 atom stereocenters. The Hall–Kier alpha value is 7.84. The number of carbonyl (C=O) groups excluding carboxylic acids is 2. The number of benzene rings is 3. The molecule has 3 aromatic rings. The summed E-state index contributed by atoms with van der Waals surface area (Å²) in [6.45, 7) is 0. The monoisotopic (exact) mass is 850 g/mol. The van der Waals surface area contributed by atoms with Crippen LogP contribution in [-0.4, -0.2) is 48.2 Å². The molecule has 0 bridgehead atoms. The summed E-state index contributed by atoms with van der Waals surface area (Å²) in [4.78, 5) is 20.1. The maximum atomic E-state index is 10.1. The summed E-state index contributed by atoms with van der Waals surface area (Å²) >= 11 is 14.4. The first-order valence-electron chi connectivity index (χ1n) is 8.28. The van der Waals surface area contributed by atoms with E-state index in [1.54, 1.807) is 54.6 Å². The van der Waals surface area contributed by atoms with Gasteiger partial charge in [0.05, 0.1) is 5.56 Å². The largest absolute Gasteiger partial charge is 1.00 e. The summed E-state index contributed by atoms with van der Waals surface area (Å²) in [5, 5.41) is 38.2. The number of aldehydes is 2. The van der Waals surface area contributed by atoms with Gasteiger partial charge in [0.2, 0.25) is 0 Å². The molecule has 0 spiro atoms. The number of aromatic hydroxyl groups is 3. The molecule has 206 valence electrons. The predicted octanol–water partition coefficient (Wildman–Crippen LogP) is -13.5. The van der Waals surface area contributed by atoms with Crippen LogP contribution in [-0.2, 0) is 0 Å². The van der Waals surface area contributed by atoms with Crippen molar-refractivity contribution >= 4 is 69.1 Å². The van der Waals surface area contributed by atoms with Crippen molar-refractivity contribution in [3.05, 3.63) is 90.0 Å². The van der Waals surface area contributed by atoms with Gasteiger partial charge in [-0.3, -0.25) is 20.1 Å². The molecule has 0 unspecified atom stereocenters. The molecule has 0 saturated carbocycles. The predicted molar refractivity (Wildman–Crippen MR) is 140 cm³/mol. The van der Waals surface area contributed by atoms with Crippen LogP contribution in [0.15, 0.2) is 78.9 Å². The smallest absolute Gasteiger partial charge is 1.00 e. The minimum absolute atomic E-state index is 0. The van der Waals surface area contributed by atoms with Crippen molar-refractivity contribution in [2.75, 3.05) is 0 Å². The van der Waals surface area contributed by atoms with E-state index in [0.717, 1.165) is 6.29 Å². The van der Waals surface area contributed by atoms with E-state index in [0.29, 0.717) is 23.2 Å². The van der Waals surface area contributed by atoms with Gasteiger partial charge in [-0.2, -0.15) is 0 Å². The SMILES string of the molecule is ClC(Cl)Cl.ClCl.O=Cc1ccc(O)cc1.O=Cc1ccccc1O.OO.Oc1ccccc1.[Cl-].[H-].[H-].[H-].[H-].[K+].[K+].[K+].[K+].[K+].[K+].[OH-]. The Labute approximate surface area is 532 Å². The molecule has 0 fully saturated rings. The van der Waals surface area contributed by atoms with Gasteiger partial charge in [0.15, 0.2) is 10.6 Å². The Morgan fingerprint density at radius 2 is 0.902 bits per heavy atom. The first-order chi connectivity index (χ1) is 15.8. The Balaban J connectivity index is -0.0000000186. The van der Waals surface area contributed by atoms with Crippen LogP contribution in [0.25, 0.3) is 0 Å². The molecule has 41 heavy (non-hydrogen) atoms. The molecule has 0 aliphatic heterocycles. The molecular formula is C21H26Cl6K6O8. The second-order valence-corrected chi connectivity index (χ2v) is 6.95. The summed E-state index contributed by atoms with van der Waals surface area (Å²) in [5.74, 6) is 0.538. The van der Waals surface area contributed by atoms with Crippen LogP contribution in [0.5, 0.6) is 17.2 Å². The Morgan fingerprint density at radius 1 is 0.585 bits per heavy atom. The van der Waals surface area contributed by atoms with E-state index in [2.05, 4.69) is 21.7 Å². The van der Waals surface area contributed by atoms with Crippen LogP contribution < -0.4 is 321 Å². The van der Waals surface area contributed by atoms with E-state index in [1.165, 1.54) is 18.2 Å².